The van der Waals surface area contributed by atoms with Crippen molar-refractivity contribution in [1.29, 1.82) is 0 Å². The van der Waals surface area contributed by atoms with Gasteiger partial charge in [-0.1, -0.05) is 11.8 Å². The van der Waals surface area contributed by atoms with Gasteiger partial charge in [0.2, 0.25) is 5.91 Å². The molecule has 3 heterocycles. The Hall–Kier alpha value is -2.55. The Morgan fingerprint density at radius 1 is 1.31 bits per heavy atom. The summed E-state index contributed by atoms with van der Waals surface area (Å²) in [5.41, 5.74) is 2.90. The first-order valence-electron chi connectivity index (χ1n) is 8.31. The number of furan rings is 1. The minimum atomic E-state index is -0.0670. The minimum absolute atomic E-state index is 0.0670. The molecule has 3 aromatic rings. The van der Waals surface area contributed by atoms with Crippen LogP contribution in [-0.4, -0.2) is 38.2 Å². The molecule has 0 aliphatic heterocycles. The number of hydrogen-bond acceptors (Lipinski definition) is 7. The SMILES string of the molecule is Cc1cc(C)n(CCCNC(=O)CSc2nnc(-c3ccoc3C)o2)n1. The van der Waals surface area contributed by atoms with Crippen molar-refractivity contribution in [3.63, 3.8) is 0 Å². The van der Waals surface area contributed by atoms with Crippen LogP contribution in [0.4, 0.5) is 0 Å². The lowest BCUT2D eigenvalue weighted by molar-refractivity contribution is -0.118. The molecule has 0 spiro atoms. The van der Waals surface area contributed by atoms with Gasteiger partial charge in [-0.25, -0.2) is 0 Å². The van der Waals surface area contributed by atoms with Crippen LogP contribution in [0.5, 0.6) is 0 Å². The molecule has 138 valence electrons. The summed E-state index contributed by atoms with van der Waals surface area (Å²) in [4.78, 5) is 11.9. The first kappa shape index (κ1) is 18.2. The Morgan fingerprint density at radius 2 is 2.15 bits per heavy atom. The van der Waals surface area contributed by atoms with Crippen LogP contribution in [-0.2, 0) is 11.3 Å². The molecule has 8 nitrogen and oxygen atoms in total. The molecule has 0 atom stereocenters. The first-order chi connectivity index (χ1) is 12.5. The third-order valence-electron chi connectivity index (χ3n) is 3.79. The number of hydrogen-bond donors (Lipinski definition) is 1. The molecule has 0 saturated carbocycles. The van der Waals surface area contributed by atoms with Gasteiger partial charge in [0.25, 0.3) is 11.1 Å². The third kappa shape index (κ3) is 4.54. The van der Waals surface area contributed by atoms with Crippen molar-refractivity contribution in [2.45, 2.75) is 39.0 Å². The largest absolute Gasteiger partial charge is 0.469 e. The van der Waals surface area contributed by atoms with Crippen LogP contribution in [0.25, 0.3) is 11.5 Å². The molecule has 3 aromatic heterocycles. The summed E-state index contributed by atoms with van der Waals surface area (Å²) in [5, 5.41) is 15.6. The molecule has 0 aromatic carbocycles. The van der Waals surface area contributed by atoms with Gasteiger partial charge in [0.05, 0.1) is 23.3 Å². The first-order valence-corrected chi connectivity index (χ1v) is 9.30. The summed E-state index contributed by atoms with van der Waals surface area (Å²) in [5.74, 6) is 1.27. The minimum Gasteiger partial charge on any atom is -0.469 e. The zero-order valence-corrected chi connectivity index (χ0v) is 15.8. The Morgan fingerprint density at radius 3 is 2.85 bits per heavy atom. The zero-order valence-electron chi connectivity index (χ0n) is 15.0. The highest BCUT2D eigenvalue weighted by Crippen LogP contribution is 2.26. The molecule has 0 saturated heterocycles. The van der Waals surface area contributed by atoms with Crippen molar-refractivity contribution < 1.29 is 13.6 Å². The Balaban J connectivity index is 1.38. The number of amides is 1. The van der Waals surface area contributed by atoms with Crippen LogP contribution in [0, 0.1) is 20.8 Å². The maximum atomic E-state index is 11.9. The molecule has 0 bridgehead atoms. The van der Waals surface area contributed by atoms with Crippen molar-refractivity contribution in [1.82, 2.24) is 25.3 Å². The topological polar surface area (TPSA) is 99.0 Å². The highest BCUT2D eigenvalue weighted by Gasteiger charge is 2.14. The van der Waals surface area contributed by atoms with E-state index >= 15 is 0 Å². The van der Waals surface area contributed by atoms with E-state index in [1.807, 2.05) is 31.5 Å². The lowest BCUT2D eigenvalue weighted by Crippen LogP contribution is -2.27. The summed E-state index contributed by atoms with van der Waals surface area (Å²) in [6, 6.07) is 3.81. The summed E-state index contributed by atoms with van der Waals surface area (Å²) in [6.07, 6.45) is 2.39. The van der Waals surface area contributed by atoms with Gasteiger partial charge in [0.1, 0.15) is 5.76 Å². The van der Waals surface area contributed by atoms with Gasteiger partial charge >= 0.3 is 0 Å². The van der Waals surface area contributed by atoms with E-state index in [4.69, 9.17) is 8.83 Å². The smallest absolute Gasteiger partial charge is 0.277 e. The van der Waals surface area contributed by atoms with E-state index in [2.05, 4.69) is 20.6 Å². The molecule has 1 amide bonds. The number of rotatable bonds is 8. The highest BCUT2D eigenvalue weighted by molar-refractivity contribution is 7.99. The molecule has 0 aliphatic rings. The molecule has 3 rings (SSSR count). The average Bonchev–Trinajstić information content (AvgIpc) is 3.30. The second kappa shape index (κ2) is 8.22. The number of carbonyl (C=O) groups is 1. The Labute approximate surface area is 155 Å². The maximum absolute atomic E-state index is 11.9. The van der Waals surface area contributed by atoms with Gasteiger partial charge in [0, 0.05) is 18.8 Å². The van der Waals surface area contributed by atoms with E-state index in [0.717, 1.165) is 29.9 Å². The van der Waals surface area contributed by atoms with Crippen molar-refractivity contribution in [3.8, 4) is 11.5 Å². The number of nitrogens with one attached hydrogen (secondary N) is 1. The fourth-order valence-corrected chi connectivity index (χ4v) is 3.11. The lowest BCUT2D eigenvalue weighted by Gasteiger charge is -2.06. The molecule has 0 fully saturated rings. The zero-order chi connectivity index (χ0) is 18.5. The van der Waals surface area contributed by atoms with E-state index in [9.17, 15) is 4.79 Å². The number of aryl methyl sites for hydroxylation is 4. The van der Waals surface area contributed by atoms with Gasteiger partial charge < -0.3 is 14.2 Å². The highest BCUT2D eigenvalue weighted by atomic mass is 32.2. The number of thioether (sulfide) groups is 1. The predicted molar refractivity (Wildman–Crippen MR) is 96.8 cm³/mol. The lowest BCUT2D eigenvalue weighted by atomic mass is 10.3. The van der Waals surface area contributed by atoms with Crippen LogP contribution in [0.1, 0.15) is 23.6 Å². The van der Waals surface area contributed by atoms with E-state index in [-0.39, 0.29) is 11.7 Å². The van der Waals surface area contributed by atoms with E-state index in [1.165, 1.54) is 11.8 Å². The predicted octanol–water partition coefficient (Wildman–Crippen LogP) is 2.75. The van der Waals surface area contributed by atoms with Crippen LogP contribution in [0.2, 0.25) is 0 Å². The van der Waals surface area contributed by atoms with Crippen molar-refractivity contribution in [2.24, 2.45) is 0 Å². The molecule has 0 unspecified atom stereocenters. The number of carbonyl (C=O) groups excluding carboxylic acids is 1. The molecule has 0 radical (unpaired) electrons. The van der Waals surface area contributed by atoms with Gasteiger partial charge in [-0.15, -0.1) is 10.2 Å². The van der Waals surface area contributed by atoms with Gasteiger partial charge in [-0.2, -0.15) is 5.10 Å². The summed E-state index contributed by atoms with van der Waals surface area (Å²) in [6.45, 7) is 7.20. The fraction of sp³-hybridized carbons (Fsp3) is 0.412. The van der Waals surface area contributed by atoms with Crippen LogP contribution >= 0.6 is 11.8 Å². The van der Waals surface area contributed by atoms with E-state index in [1.54, 1.807) is 12.3 Å². The normalized spacial score (nSPS) is 11.0. The van der Waals surface area contributed by atoms with Gasteiger partial charge in [-0.05, 0) is 39.3 Å². The quantitative estimate of drug-likeness (QED) is 0.477. The van der Waals surface area contributed by atoms with Crippen molar-refractivity contribution in [2.75, 3.05) is 12.3 Å². The van der Waals surface area contributed by atoms with Crippen molar-refractivity contribution in [3.05, 3.63) is 35.5 Å². The monoisotopic (exact) mass is 375 g/mol. The second-order valence-electron chi connectivity index (χ2n) is 5.91. The second-order valence-corrected chi connectivity index (χ2v) is 6.83. The Bertz CT molecular complexity index is 883. The Kier molecular flexibility index (Phi) is 5.77. The standard InChI is InChI=1S/C17H21N5O3S/c1-11-9-12(2)22(21-11)7-4-6-18-15(23)10-26-17-20-19-16(25-17)14-5-8-24-13(14)3/h5,8-9H,4,6-7,10H2,1-3H3,(H,18,23). The number of nitrogens with zero attached hydrogens (tertiary/aromatic N) is 4. The maximum Gasteiger partial charge on any atom is 0.277 e. The third-order valence-corrected chi connectivity index (χ3v) is 4.61. The van der Waals surface area contributed by atoms with Crippen LogP contribution < -0.4 is 5.32 Å². The summed E-state index contributed by atoms with van der Waals surface area (Å²) < 4.78 is 12.7. The molecule has 0 aliphatic carbocycles. The molecule has 9 heteroatoms. The molecule has 26 heavy (non-hydrogen) atoms. The molecular formula is C17H21N5O3S. The molecule has 1 N–H and O–H groups in total. The fourth-order valence-electron chi connectivity index (χ4n) is 2.52. The van der Waals surface area contributed by atoms with E-state index in [0.29, 0.717) is 23.4 Å². The average molecular weight is 375 g/mol. The summed E-state index contributed by atoms with van der Waals surface area (Å²) >= 11 is 1.21. The van der Waals surface area contributed by atoms with Crippen LogP contribution in [0.15, 0.2) is 32.5 Å². The van der Waals surface area contributed by atoms with Crippen LogP contribution in [0.3, 0.4) is 0 Å². The van der Waals surface area contributed by atoms with Gasteiger partial charge in [0.15, 0.2) is 0 Å². The molecular weight excluding hydrogens is 354 g/mol. The van der Waals surface area contributed by atoms with Gasteiger partial charge in [-0.3, -0.25) is 9.48 Å². The van der Waals surface area contributed by atoms with Crippen molar-refractivity contribution >= 4 is 17.7 Å². The van der Waals surface area contributed by atoms with E-state index < -0.39 is 0 Å². The number of aromatic nitrogens is 4. The summed E-state index contributed by atoms with van der Waals surface area (Å²) in [7, 11) is 0.